The van der Waals surface area contributed by atoms with Crippen LogP contribution in [0.2, 0.25) is 0 Å². The monoisotopic (exact) mass is 606 g/mol. The van der Waals surface area contributed by atoms with Gasteiger partial charge in [-0.25, -0.2) is 4.70 Å². The molecule has 3 rings (SSSR count). The molecule has 38 heavy (non-hydrogen) atoms. The first-order chi connectivity index (χ1) is 18.0. The van der Waals surface area contributed by atoms with Gasteiger partial charge in [-0.3, -0.25) is 0 Å². The van der Waals surface area contributed by atoms with Crippen LogP contribution < -0.4 is 0 Å². The molecule has 0 saturated carbocycles. The number of nitrogens with zero attached hydrogens (tertiary/aromatic N) is 2. The van der Waals surface area contributed by atoms with Crippen molar-refractivity contribution in [2.24, 2.45) is 0 Å². The molecular formula is C35H52N2Pd. The maximum Gasteiger partial charge on any atom is 2.00 e. The van der Waals surface area contributed by atoms with Gasteiger partial charge in [0.25, 0.3) is 0 Å². The molecular weight excluding hydrogens is 555 g/mol. The average molecular weight is 607 g/mol. The van der Waals surface area contributed by atoms with Crippen LogP contribution >= 0.6 is 0 Å². The number of unbranched alkanes of at least 4 members (excludes halogenated alkanes) is 5. The van der Waals surface area contributed by atoms with Crippen molar-refractivity contribution in [1.82, 2.24) is 0 Å². The smallest absolute Gasteiger partial charge is 0.493 e. The second kappa shape index (κ2) is 22.0. The van der Waals surface area contributed by atoms with Gasteiger partial charge in [0, 0.05) is 22.8 Å². The number of hydrogen-bond acceptors (Lipinski definition) is 0. The van der Waals surface area contributed by atoms with E-state index in [9.17, 15) is 5.53 Å². The van der Waals surface area contributed by atoms with Gasteiger partial charge >= 0.3 is 20.4 Å². The van der Waals surface area contributed by atoms with Crippen molar-refractivity contribution in [3.05, 3.63) is 102 Å². The first-order valence-electron chi connectivity index (χ1n) is 14.7. The SMILES string of the molecule is CCCCCC1=C(c2cccc(CCCC)c2)[N+](=[N-])C(c2cccc(CC)c2)=C1.[CH2-]CCC.[CH2-]CCC.[Pd+2]. The zero-order valence-corrected chi connectivity index (χ0v) is 26.4. The van der Waals surface area contributed by atoms with Crippen LogP contribution in [-0.4, -0.2) is 4.70 Å². The summed E-state index contributed by atoms with van der Waals surface area (Å²) in [5, 5.41) is 0. The van der Waals surface area contributed by atoms with Gasteiger partial charge < -0.3 is 19.4 Å². The molecule has 0 radical (unpaired) electrons. The molecule has 3 heteroatoms. The molecule has 212 valence electrons. The number of benzene rings is 2. The maximum absolute atomic E-state index is 11.2. The third-order valence-corrected chi connectivity index (χ3v) is 6.46. The third kappa shape index (κ3) is 12.4. The Morgan fingerprint density at radius 3 is 1.79 bits per heavy atom. The molecule has 0 saturated heterocycles. The normalized spacial score (nSPS) is 12.2. The van der Waals surface area contributed by atoms with E-state index in [2.05, 4.69) is 103 Å². The Morgan fingerprint density at radius 1 is 0.684 bits per heavy atom. The first kappa shape index (κ1) is 36.2. The average Bonchev–Trinajstić information content (AvgIpc) is 3.28. The number of aryl methyl sites for hydroxylation is 2. The fourth-order valence-corrected chi connectivity index (χ4v) is 4.03. The molecule has 0 fully saturated rings. The van der Waals surface area contributed by atoms with Crippen molar-refractivity contribution in [2.75, 3.05) is 0 Å². The third-order valence-electron chi connectivity index (χ3n) is 6.46. The molecule has 2 aromatic carbocycles. The molecule has 2 aromatic rings. The summed E-state index contributed by atoms with van der Waals surface area (Å²) in [4.78, 5) is 0. The zero-order chi connectivity index (χ0) is 27.5. The van der Waals surface area contributed by atoms with E-state index in [1.807, 2.05) is 0 Å². The molecule has 0 bridgehead atoms. The van der Waals surface area contributed by atoms with Crippen molar-refractivity contribution in [2.45, 2.75) is 112 Å². The van der Waals surface area contributed by atoms with Crippen LogP contribution in [0.15, 0.2) is 60.2 Å². The second-order valence-electron chi connectivity index (χ2n) is 9.74. The predicted molar refractivity (Wildman–Crippen MR) is 164 cm³/mol. The Balaban J connectivity index is 0.00000134. The first-order valence-corrected chi connectivity index (χ1v) is 14.7. The van der Waals surface area contributed by atoms with Gasteiger partial charge in [-0.2, -0.15) is 12.8 Å². The molecule has 0 amide bonds. The Hall–Kier alpha value is -1.82. The Bertz CT molecular complexity index is 979. The van der Waals surface area contributed by atoms with E-state index >= 15 is 0 Å². The standard InChI is InChI=1S/C27H34N2.2C4H9.Pd/c1-4-7-9-15-25-20-26(23-16-10-13-21(6-3)18-23)29(28)27(25)24-17-11-14-22(19-24)12-8-5-2;2*1-3-4-2;/h10-11,13-14,16-20H,4-9,12,15H2,1-3H3;2*1,3-4H2,2H3;/q;2*-1;+2. The number of rotatable bonds is 12. The number of hydrogen-bond donors (Lipinski definition) is 0. The summed E-state index contributed by atoms with van der Waals surface area (Å²) in [7, 11) is 0. The van der Waals surface area contributed by atoms with E-state index in [0.717, 1.165) is 61.0 Å². The van der Waals surface area contributed by atoms with Crippen molar-refractivity contribution in [3.63, 3.8) is 0 Å². The minimum Gasteiger partial charge on any atom is -0.493 e. The van der Waals surface area contributed by atoms with Crippen molar-refractivity contribution in [1.29, 1.82) is 0 Å². The van der Waals surface area contributed by atoms with Crippen LogP contribution in [0.4, 0.5) is 0 Å². The van der Waals surface area contributed by atoms with Crippen LogP contribution in [0.3, 0.4) is 0 Å². The summed E-state index contributed by atoms with van der Waals surface area (Å²) in [5.41, 5.74) is 19.1. The van der Waals surface area contributed by atoms with E-state index < -0.39 is 0 Å². The molecule has 2 nitrogen and oxygen atoms in total. The molecule has 0 unspecified atom stereocenters. The fourth-order valence-electron chi connectivity index (χ4n) is 4.03. The summed E-state index contributed by atoms with van der Waals surface area (Å²) in [6.07, 6.45) is 15.8. The van der Waals surface area contributed by atoms with Crippen LogP contribution in [0, 0.1) is 13.8 Å². The van der Waals surface area contributed by atoms with Gasteiger partial charge in [-0.1, -0.05) is 91.0 Å². The minimum atomic E-state index is 0. The summed E-state index contributed by atoms with van der Waals surface area (Å²) in [5.74, 6) is 0. The van der Waals surface area contributed by atoms with E-state index in [-0.39, 0.29) is 20.4 Å². The van der Waals surface area contributed by atoms with Crippen molar-refractivity contribution >= 4 is 11.4 Å². The van der Waals surface area contributed by atoms with Gasteiger partial charge in [0.05, 0.1) is 0 Å². The van der Waals surface area contributed by atoms with Crippen LogP contribution in [0.1, 0.15) is 121 Å². The molecule has 0 aromatic heterocycles. The largest absolute Gasteiger partial charge is 2.00 e. The van der Waals surface area contributed by atoms with Crippen LogP contribution in [0.5, 0.6) is 0 Å². The van der Waals surface area contributed by atoms with Gasteiger partial charge in [-0.05, 0) is 67.5 Å². The van der Waals surface area contributed by atoms with Gasteiger partial charge in [0.2, 0.25) is 11.4 Å². The van der Waals surface area contributed by atoms with Gasteiger partial charge in [0.15, 0.2) is 0 Å². The van der Waals surface area contributed by atoms with E-state index in [1.165, 1.54) is 59.9 Å². The van der Waals surface area contributed by atoms with Crippen LogP contribution in [0.25, 0.3) is 16.9 Å². The van der Waals surface area contributed by atoms with Crippen molar-refractivity contribution < 1.29 is 25.1 Å². The van der Waals surface area contributed by atoms with Gasteiger partial charge in [0.1, 0.15) is 0 Å². The summed E-state index contributed by atoms with van der Waals surface area (Å²) >= 11 is 0. The van der Waals surface area contributed by atoms with E-state index in [1.54, 1.807) is 0 Å². The predicted octanol–water partition coefficient (Wildman–Crippen LogP) is 11.2. The summed E-state index contributed by atoms with van der Waals surface area (Å²) < 4.78 is 1.43. The zero-order valence-electron chi connectivity index (χ0n) is 24.8. The van der Waals surface area contributed by atoms with E-state index in [4.69, 9.17) is 0 Å². The molecule has 0 atom stereocenters. The van der Waals surface area contributed by atoms with Crippen molar-refractivity contribution in [3.8, 4) is 0 Å². The molecule has 1 aliphatic heterocycles. The van der Waals surface area contributed by atoms with Gasteiger partial charge in [-0.15, -0.1) is 0 Å². The summed E-state index contributed by atoms with van der Waals surface area (Å²) in [6.45, 7) is 18.1. The van der Waals surface area contributed by atoms with Crippen LogP contribution in [-0.2, 0) is 33.3 Å². The molecule has 0 aliphatic carbocycles. The Kier molecular flexibility index (Phi) is 21.0. The Labute approximate surface area is 249 Å². The van der Waals surface area contributed by atoms with E-state index in [0.29, 0.717) is 0 Å². The topological polar surface area (TPSA) is 25.3 Å². The number of allylic oxidation sites excluding steroid dienone is 2. The molecule has 1 aliphatic rings. The molecule has 0 N–H and O–H groups in total. The molecule has 1 heterocycles. The fraction of sp³-hybridized carbons (Fsp3) is 0.486. The molecule has 0 spiro atoms. The minimum absolute atomic E-state index is 0. The quantitative estimate of drug-likeness (QED) is 0.0993. The summed E-state index contributed by atoms with van der Waals surface area (Å²) in [6, 6.07) is 17.2. The Morgan fingerprint density at radius 2 is 1.24 bits per heavy atom. The second-order valence-corrected chi connectivity index (χ2v) is 9.74. The maximum atomic E-state index is 11.2.